The fourth-order valence-corrected chi connectivity index (χ4v) is 3.80. The standard InChI is InChI=1S/2C10H5Cl2.C6H5.2FH.Sb/c2*11-9-6-10(12)8-5-3-1-2-4-7(8)9;1-2-4-6-5-3-1;;;/h2*1-5H;1-5H;2*1H;/p-2. The number of fused-ring (bicyclic) bond motifs is 2. The van der Waals surface area contributed by atoms with Crippen molar-refractivity contribution in [2.45, 2.75) is 0 Å². The van der Waals surface area contributed by atoms with Gasteiger partial charge in [0.1, 0.15) is 0 Å². The van der Waals surface area contributed by atoms with Gasteiger partial charge in [0.2, 0.25) is 0 Å². The van der Waals surface area contributed by atoms with Crippen LogP contribution in [0.4, 0.5) is 0 Å². The third kappa shape index (κ3) is 9.01. The van der Waals surface area contributed by atoms with Gasteiger partial charge in [-0.1, -0.05) is 149 Å². The predicted molar refractivity (Wildman–Crippen MR) is 135 cm³/mol. The average Bonchev–Trinajstić information content (AvgIpc) is 3.04. The summed E-state index contributed by atoms with van der Waals surface area (Å²) in [5, 5.41) is 2.36. The summed E-state index contributed by atoms with van der Waals surface area (Å²) < 4.78 is 0. The first kappa shape index (κ1) is 31.5. The first-order valence-corrected chi connectivity index (χ1v) is 10.5. The zero-order valence-electron chi connectivity index (χ0n) is 16.9. The van der Waals surface area contributed by atoms with Gasteiger partial charge in [0.05, 0.1) is 32.0 Å². The number of halogens is 6. The van der Waals surface area contributed by atoms with Crippen LogP contribution in [0, 0.1) is 17.9 Å². The van der Waals surface area contributed by atoms with Crippen molar-refractivity contribution in [2.24, 2.45) is 0 Å². The van der Waals surface area contributed by atoms with E-state index in [2.05, 4.69) is 17.5 Å². The number of rotatable bonds is 0. The SMILES string of the molecule is ClC1=C=C(Cl)C2=CC=CC=C[C]12.ClC1=C=C(Cl)C2=CC=CC=C[C]12.[F-].[F-].[Sb].[c]1ccccc1. The Labute approximate surface area is 230 Å². The molecule has 33 heavy (non-hydrogen) atoms. The molecule has 0 unspecified atom stereocenters. The van der Waals surface area contributed by atoms with Crippen LogP contribution >= 0.6 is 46.4 Å². The van der Waals surface area contributed by atoms with Gasteiger partial charge in [-0.3, -0.25) is 0 Å². The van der Waals surface area contributed by atoms with Crippen LogP contribution in [0.15, 0.2) is 134 Å². The van der Waals surface area contributed by atoms with E-state index >= 15 is 0 Å². The fourth-order valence-electron chi connectivity index (χ4n) is 2.66. The molecule has 0 aromatic heterocycles. The molecule has 1 aromatic rings. The molecular formula is C26H15Cl4F2Sb-2. The van der Waals surface area contributed by atoms with E-state index in [-0.39, 0.29) is 33.8 Å². The van der Waals surface area contributed by atoms with Crippen LogP contribution in [-0.2, 0) is 0 Å². The summed E-state index contributed by atoms with van der Waals surface area (Å²) in [7, 11) is 0. The van der Waals surface area contributed by atoms with Crippen LogP contribution < -0.4 is 9.41 Å². The Morgan fingerprint density at radius 2 is 0.939 bits per heavy atom. The maximum absolute atomic E-state index is 5.90. The summed E-state index contributed by atoms with van der Waals surface area (Å²) in [6.45, 7) is 0. The zero-order valence-corrected chi connectivity index (χ0v) is 22.5. The van der Waals surface area contributed by atoms with Crippen LogP contribution in [0.2, 0.25) is 0 Å². The summed E-state index contributed by atoms with van der Waals surface area (Å²) >= 11 is 23.6. The van der Waals surface area contributed by atoms with Crippen molar-refractivity contribution in [3.8, 4) is 0 Å². The minimum Gasteiger partial charge on any atom is -1.00 e. The Morgan fingerprint density at radius 3 is 1.27 bits per heavy atom. The molecule has 0 N–H and O–H groups in total. The van der Waals surface area contributed by atoms with Gasteiger partial charge in [0.15, 0.2) is 0 Å². The minimum atomic E-state index is 0. The molecule has 4 aliphatic rings. The number of hydrogen-bond donors (Lipinski definition) is 0. The first-order valence-electron chi connectivity index (χ1n) is 8.99. The molecule has 0 aliphatic heterocycles. The summed E-state index contributed by atoms with van der Waals surface area (Å²) in [5.41, 5.74) is 7.62. The van der Waals surface area contributed by atoms with Gasteiger partial charge in [0.25, 0.3) is 0 Å². The monoisotopic (exact) mass is 626 g/mol. The van der Waals surface area contributed by atoms with Gasteiger partial charge in [-0.15, -0.1) is 0 Å². The van der Waals surface area contributed by atoms with Crippen molar-refractivity contribution in [1.82, 2.24) is 0 Å². The molecule has 0 saturated heterocycles. The molecule has 7 heteroatoms. The number of hydrogen-bond acceptors (Lipinski definition) is 0. The van der Waals surface area contributed by atoms with Crippen LogP contribution in [0.25, 0.3) is 0 Å². The molecule has 5 rings (SSSR count). The van der Waals surface area contributed by atoms with Gasteiger partial charge in [-0.05, 0) is 17.2 Å². The molecule has 1 aromatic carbocycles. The molecule has 0 amide bonds. The van der Waals surface area contributed by atoms with Crippen LogP contribution in [0.3, 0.4) is 0 Å². The van der Waals surface area contributed by atoms with Crippen LogP contribution in [-0.4, -0.2) is 24.4 Å². The van der Waals surface area contributed by atoms with E-state index in [1.54, 1.807) is 0 Å². The maximum Gasteiger partial charge on any atom is 0.0882 e. The van der Waals surface area contributed by atoms with Crippen molar-refractivity contribution in [3.63, 3.8) is 0 Å². The Hall–Kier alpha value is -1.46. The molecular weight excluding hydrogens is 614 g/mol. The van der Waals surface area contributed by atoms with E-state index in [9.17, 15) is 0 Å². The normalized spacial score (nSPS) is 17.0. The molecule has 6 radical (unpaired) electrons. The van der Waals surface area contributed by atoms with Crippen molar-refractivity contribution in [2.75, 3.05) is 0 Å². The Morgan fingerprint density at radius 1 is 0.515 bits per heavy atom. The van der Waals surface area contributed by atoms with E-state index in [1.807, 2.05) is 91.1 Å². The smallest absolute Gasteiger partial charge is 0.0882 e. The summed E-state index contributed by atoms with van der Waals surface area (Å²) in [6, 6.07) is 12.5. The molecule has 0 saturated carbocycles. The zero-order chi connectivity index (χ0) is 21.3. The molecule has 168 valence electrons. The first-order chi connectivity index (χ1) is 14.6. The van der Waals surface area contributed by atoms with Gasteiger partial charge in [-0.2, -0.15) is 0 Å². The topological polar surface area (TPSA) is 0 Å². The third-order valence-corrected chi connectivity index (χ3v) is 5.26. The van der Waals surface area contributed by atoms with Gasteiger partial charge in [-0.25, -0.2) is 0 Å². The molecule has 0 nitrogen and oxygen atoms in total. The van der Waals surface area contributed by atoms with E-state index in [4.69, 9.17) is 46.4 Å². The minimum absolute atomic E-state index is 0. The second-order valence-electron chi connectivity index (χ2n) is 6.06. The number of benzene rings is 1. The van der Waals surface area contributed by atoms with Crippen molar-refractivity contribution in [1.29, 1.82) is 0 Å². The summed E-state index contributed by atoms with van der Waals surface area (Å²) in [5.74, 6) is 1.90. The Balaban J connectivity index is 0.000000467. The van der Waals surface area contributed by atoms with E-state index in [0.717, 1.165) is 23.0 Å². The summed E-state index contributed by atoms with van der Waals surface area (Å²) in [6.07, 6.45) is 19.3. The molecule has 4 aliphatic carbocycles. The second-order valence-corrected chi connectivity index (χ2v) is 7.57. The second kappa shape index (κ2) is 16.2. The van der Waals surface area contributed by atoms with Gasteiger partial charge >= 0.3 is 0 Å². The third-order valence-electron chi connectivity index (χ3n) is 4.07. The van der Waals surface area contributed by atoms with E-state index in [1.165, 1.54) is 0 Å². The van der Waals surface area contributed by atoms with Crippen LogP contribution in [0.1, 0.15) is 0 Å². The Kier molecular flexibility index (Phi) is 15.5. The number of allylic oxidation sites excluding steroid dienone is 14. The Bertz CT molecular complexity index is 1010. The quantitative estimate of drug-likeness (QED) is 0.305. The van der Waals surface area contributed by atoms with Gasteiger partial charge in [0, 0.05) is 24.4 Å². The van der Waals surface area contributed by atoms with E-state index in [0.29, 0.717) is 20.1 Å². The fraction of sp³-hybridized carbons (Fsp3) is 0. The summed E-state index contributed by atoms with van der Waals surface area (Å²) in [4.78, 5) is 0. The van der Waals surface area contributed by atoms with Crippen molar-refractivity contribution in [3.05, 3.63) is 152 Å². The predicted octanol–water partition coefficient (Wildman–Crippen LogP) is 2.06. The molecule has 0 atom stereocenters. The van der Waals surface area contributed by atoms with E-state index < -0.39 is 0 Å². The molecule has 0 heterocycles. The molecule has 0 fully saturated rings. The average molecular weight is 629 g/mol. The van der Waals surface area contributed by atoms with Crippen molar-refractivity contribution >= 4 is 70.8 Å². The molecule has 0 bridgehead atoms. The largest absolute Gasteiger partial charge is 1.00 e. The van der Waals surface area contributed by atoms with Crippen LogP contribution in [0.5, 0.6) is 0 Å². The van der Waals surface area contributed by atoms with Crippen molar-refractivity contribution < 1.29 is 9.41 Å². The van der Waals surface area contributed by atoms with Gasteiger partial charge < -0.3 is 9.41 Å². The maximum atomic E-state index is 5.90. The molecule has 0 spiro atoms.